The Bertz CT molecular complexity index is 516. The van der Waals surface area contributed by atoms with Crippen LogP contribution < -0.4 is 4.74 Å². The third-order valence-corrected chi connectivity index (χ3v) is 2.72. The predicted molar refractivity (Wildman–Crippen MR) is 65.9 cm³/mol. The summed E-state index contributed by atoms with van der Waals surface area (Å²) in [6, 6.07) is 8.36. The van der Waals surface area contributed by atoms with E-state index in [1.165, 1.54) is 13.2 Å². The lowest BCUT2D eigenvalue weighted by atomic mass is 10.0. The number of nitrogens with zero attached hydrogens (tertiary/aromatic N) is 1. The zero-order valence-electron chi connectivity index (χ0n) is 10.0. The van der Waals surface area contributed by atoms with Gasteiger partial charge in [0.2, 0.25) is 0 Å². The first-order valence-electron chi connectivity index (χ1n) is 5.61. The minimum absolute atomic E-state index is 0.137. The van der Waals surface area contributed by atoms with E-state index < -0.39 is 11.9 Å². The Balaban J connectivity index is 2.21. The van der Waals surface area contributed by atoms with E-state index in [2.05, 4.69) is 4.98 Å². The number of halogens is 1. The molecule has 0 bridgehead atoms. The number of ether oxygens (including phenoxy) is 1. The molecule has 0 aliphatic carbocycles. The quantitative estimate of drug-likeness (QED) is 0.902. The lowest BCUT2D eigenvalue weighted by Gasteiger charge is -2.13. The summed E-state index contributed by atoms with van der Waals surface area (Å²) < 4.78 is 18.8. The van der Waals surface area contributed by atoms with E-state index >= 15 is 0 Å². The largest absolute Gasteiger partial charge is 0.494 e. The number of methoxy groups -OCH3 is 1. The fourth-order valence-electron chi connectivity index (χ4n) is 1.79. The van der Waals surface area contributed by atoms with Gasteiger partial charge in [0.15, 0.2) is 11.6 Å². The van der Waals surface area contributed by atoms with Crippen molar-refractivity contribution in [2.24, 2.45) is 0 Å². The van der Waals surface area contributed by atoms with Gasteiger partial charge in [0.1, 0.15) is 0 Å². The molecular weight excluding hydrogens is 233 g/mol. The van der Waals surface area contributed by atoms with Crippen molar-refractivity contribution in [2.45, 2.75) is 12.5 Å². The van der Waals surface area contributed by atoms with Crippen LogP contribution in [-0.4, -0.2) is 17.2 Å². The topological polar surface area (TPSA) is 42.4 Å². The molecular formula is C14H14FNO2. The predicted octanol–water partition coefficient (Wildman–Crippen LogP) is 2.51. The van der Waals surface area contributed by atoms with E-state index in [0.29, 0.717) is 6.42 Å². The highest BCUT2D eigenvalue weighted by atomic mass is 19.1. The molecule has 0 amide bonds. The molecule has 1 heterocycles. The second-order valence-corrected chi connectivity index (χ2v) is 3.94. The maximum atomic E-state index is 13.9. The highest BCUT2D eigenvalue weighted by Gasteiger charge is 2.16. The number of aromatic nitrogens is 1. The molecule has 1 aromatic heterocycles. The monoisotopic (exact) mass is 247 g/mol. The highest BCUT2D eigenvalue weighted by molar-refractivity contribution is 5.33. The van der Waals surface area contributed by atoms with Crippen LogP contribution in [0, 0.1) is 5.82 Å². The number of aliphatic hydroxyl groups excluding tert-OH is 1. The number of rotatable bonds is 4. The van der Waals surface area contributed by atoms with Crippen molar-refractivity contribution in [3.63, 3.8) is 0 Å². The Morgan fingerprint density at radius 3 is 2.83 bits per heavy atom. The minimum atomic E-state index is -0.913. The number of aliphatic hydroxyl groups is 1. The Morgan fingerprint density at radius 1 is 1.33 bits per heavy atom. The molecule has 1 unspecified atom stereocenters. The molecule has 0 spiro atoms. The van der Waals surface area contributed by atoms with Crippen LogP contribution in [0.25, 0.3) is 0 Å². The number of pyridine rings is 1. The zero-order valence-corrected chi connectivity index (χ0v) is 10.0. The van der Waals surface area contributed by atoms with E-state index in [-0.39, 0.29) is 11.3 Å². The van der Waals surface area contributed by atoms with Crippen molar-refractivity contribution in [1.29, 1.82) is 0 Å². The molecule has 4 heteroatoms. The van der Waals surface area contributed by atoms with Crippen LogP contribution in [0.2, 0.25) is 0 Å². The lowest BCUT2D eigenvalue weighted by Crippen LogP contribution is -2.05. The fourth-order valence-corrected chi connectivity index (χ4v) is 1.79. The SMILES string of the molecule is COc1cccc(C(O)Cc2cccnc2)c1F. The first-order valence-corrected chi connectivity index (χ1v) is 5.61. The van der Waals surface area contributed by atoms with Gasteiger partial charge in [-0.1, -0.05) is 18.2 Å². The van der Waals surface area contributed by atoms with Crippen molar-refractivity contribution in [3.05, 3.63) is 59.7 Å². The molecule has 0 fully saturated rings. The summed E-state index contributed by atoms with van der Waals surface area (Å²) in [6.45, 7) is 0. The first-order chi connectivity index (χ1) is 8.72. The molecule has 0 saturated carbocycles. The standard InChI is InChI=1S/C14H14FNO2/c1-18-13-6-2-5-11(14(13)15)12(17)8-10-4-3-7-16-9-10/h2-7,9,12,17H,8H2,1H3. The third-order valence-electron chi connectivity index (χ3n) is 2.72. The Hall–Kier alpha value is -1.94. The maximum Gasteiger partial charge on any atom is 0.170 e. The summed E-state index contributed by atoms with van der Waals surface area (Å²) in [4.78, 5) is 3.96. The van der Waals surface area contributed by atoms with Crippen LogP contribution in [0.5, 0.6) is 5.75 Å². The summed E-state index contributed by atoms with van der Waals surface area (Å²) in [5.41, 5.74) is 1.09. The Kier molecular flexibility index (Phi) is 3.89. The van der Waals surface area contributed by atoms with Gasteiger partial charge in [0, 0.05) is 24.4 Å². The summed E-state index contributed by atoms with van der Waals surface area (Å²) in [5.74, 6) is -0.380. The van der Waals surface area contributed by atoms with Gasteiger partial charge in [-0.3, -0.25) is 4.98 Å². The average molecular weight is 247 g/mol. The van der Waals surface area contributed by atoms with Gasteiger partial charge in [-0.15, -0.1) is 0 Å². The molecule has 94 valence electrons. The van der Waals surface area contributed by atoms with Crippen LogP contribution in [0.4, 0.5) is 4.39 Å². The summed E-state index contributed by atoms with van der Waals surface area (Å²) in [6.07, 6.45) is 2.71. The van der Waals surface area contributed by atoms with E-state index in [1.54, 1.807) is 30.6 Å². The van der Waals surface area contributed by atoms with Crippen molar-refractivity contribution >= 4 is 0 Å². The molecule has 1 N–H and O–H groups in total. The zero-order chi connectivity index (χ0) is 13.0. The molecule has 1 aromatic carbocycles. The van der Waals surface area contributed by atoms with Crippen molar-refractivity contribution in [1.82, 2.24) is 4.98 Å². The van der Waals surface area contributed by atoms with Crippen LogP contribution >= 0.6 is 0 Å². The van der Waals surface area contributed by atoms with Gasteiger partial charge >= 0.3 is 0 Å². The van der Waals surface area contributed by atoms with E-state index in [1.807, 2.05) is 6.07 Å². The van der Waals surface area contributed by atoms with Crippen molar-refractivity contribution in [2.75, 3.05) is 7.11 Å². The molecule has 2 aromatic rings. The molecule has 18 heavy (non-hydrogen) atoms. The van der Waals surface area contributed by atoms with E-state index in [4.69, 9.17) is 4.74 Å². The fraction of sp³-hybridized carbons (Fsp3) is 0.214. The van der Waals surface area contributed by atoms with Crippen molar-refractivity contribution < 1.29 is 14.2 Å². The molecule has 0 aliphatic heterocycles. The maximum absolute atomic E-state index is 13.9. The van der Waals surface area contributed by atoms with Crippen LogP contribution in [0.15, 0.2) is 42.7 Å². The molecule has 0 aliphatic rings. The second-order valence-electron chi connectivity index (χ2n) is 3.94. The van der Waals surface area contributed by atoms with E-state index in [0.717, 1.165) is 5.56 Å². The van der Waals surface area contributed by atoms with Gasteiger partial charge in [-0.05, 0) is 17.7 Å². The number of benzene rings is 1. The van der Waals surface area contributed by atoms with E-state index in [9.17, 15) is 9.50 Å². The Labute approximate surface area is 105 Å². The Morgan fingerprint density at radius 2 is 2.17 bits per heavy atom. The van der Waals surface area contributed by atoms with Gasteiger partial charge in [0.25, 0.3) is 0 Å². The summed E-state index contributed by atoms with van der Waals surface area (Å²) >= 11 is 0. The summed E-state index contributed by atoms with van der Waals surface area (Å²) in [7, 11) is 1.40. The number of hydrogen-bond acceptors (Lipinski definition) is 3. The van der Waals surface area contributed by atoms with Gasteiger partial charge in [-0.2, -0.15) is 0 Å². The normalized spacial score (nSPS) is 12.2. The van der Waals surface area contributed by atoms with Gasteiger partial charge in [-0.25, -0.2) is 4.39 Å². The molecule has 0 saturated heterocycles. The highest BCUT2D eigenvalue weighted by Crippen LogP contribution is 2.26. The molecule has 1 atom stereocenters. The first kappa shape index (κ1) is 12.5. The second kappa shape index (κ2) is 5.60. The smallest absolute Gasteiger partial charge is 0.170 e. The average Bonchev–Trinajstić information content (AvgIpc) is 2.40. The van der Waals surface area contributed by atoms with Gasteiger partial charge < -0.3 is 9.84 Å². The third kappa shape index (κ3) is 2.65. The molecule has 0 radical (unpaired) electrons. The molecule has 2 rings (SSSR count). The van der Waals surface area contributed by atoms with Crippen molar-refractivity contribution in [3.8, 4) is 5.75 Å². The minimum Gasteiger partial charge on any atom is -0.494 e. The molecule has 3 nitrogen and oxygen atoms in total. The van der Waals surface area contributed by atoms with Crippen LogP contribution in [-0.2, 0) is 6.42 Å². The van der Waals surface area contributed by atoms with Crippen LogP contribution in [0.3, 0.4) is 0 Å². The summed E-state index contributed by atoms with van der Waals surface area (Å²) in [5, 5.41) is 10.1. The van der Waals surface area contributed by atoms with Gasteiger partial charge in [0.05, 0.1) is 13.2 Å². The van der Waals surface area contributed by atoms with Crippen LogP contribution in [0.1, 0.15) is 17.2 Å². The number of hydrogen-bond donors (Lipinski definition) is 1. The lowest BCUT2D eigenvalue weighted by molar-refractivity contribution is 0.172.